The Morgan fingerprint density at radius 3 is 2.50 bits per heavy atom. The van der Waals surface area contributed by atoms with E-state index < -0.39 is 0 Å². The highest BCUT2D eigenvalue weighted by Crippen LogP contribution is 2.35. The summed E-state index contributed by atoms with van der Waals surface area (Å²) in [7, 11) is 0. The summed E-state index contributed by atoms with van der Waals surface area (Å²) in [4.78, 5) is 0. The molecule has 0 radical (unpaired) electrons. The van der Waals surface area contributed by atoms with Gasteiger partial charge in [0.25, 0.3) is 0 Å². The lowest BCUT2D eigenvalue weighted by Crippen LogP contribution is -1.89. The highest BCUT2D eigenvalue weighted by molar-refractivity contribution is 14.1. The maximum Gasteiger partial charge on any atom is 0.153 e. The molecule has 0 aliphatic heterocycles. The third kappa shape index (κ3) is 2.43. The average Bonchev–Trinajstić information content (AvgIpc) is 2.82. The van der Waals surface area contributed by atoms with Crippen molar-refractivity contribution in [2.75, 3.05) is 5.73 Å². The van der Waals surface area contributed by atoms with Crippen molar-refractivity contribution in [3.8, 4) is 22.4 Å². The Labute approximate surface area is 131 Å². The lowest BCUT2D eigenvalue weighted by Gasteiger charge is -2.06. The minimum atomic E-state index is 0.530. The molecule has 3 N–H and O–H groups in total. The molecule has 1 heterocycles. The fraction of sp³-hybridized carbons (Fsp3) is 0.0625. The molecule has 0 bridgehead atoms. The highest BCUT2D eigenvalue weighted by atomic mass is 127. The Hall–Kier alpha value is -1.82. The van der Waals surface area contributed by atoms with Gasteiger partial charge in [-0.2, -0.15) is 5.10 Å². The summed E-state index contributed by atoms with van der Waals surface area (Å²) < 4.78 is 1.18. The van der Waals surface area contributed by atoms with Crippen LogP contribution in [0.15, 0.2) is 48.5 Å². The van der Waals surface area contributed by atoms with Crippen LogP contribution in [0.4, 0.5) is 5.82 Å². The normalized spacial score (nSPS) is 10.7. The fourth-order valence-electron chi connectivity index (χ4n) is 2.22. The highest BCUT2D eigenvalue weighted by Gasteiger charge is 2.14. The van der Waals surface area contributed by atoms with Gasteiger partial charge in [0.1, 0.15) is 0 Å². The summed E-state index contributed by atoms with van der Waals surface area (Å²) in [5, 5.41) is 7.22. The maximum absolute atomic E-state index is 6.04. The van der Waals surface area contributed by atoms with Crippen LogP contribution in [0.5, 0.6) is 0 Å². The van der Waals surface area contributed by atoms with Gasteiger partial charge in [-0.05, 0) is 47.2 Å². The third-order valence-corrected chi connectivity index (χ3v) is 3.92. The van der Waals surface area contributed by atoms with Gasteiger partial charge in [0.15, 0.2) is 5.82 Å². The van der Waals surface area contributed by atoms with Crippen LogP contribution in [0.2, 0.25) is 0 Å². The number of nitrogens with zero attached hydrogens (tertiary/aromatic N) is 1. The Morgan fingerprint density at radius 2 is 1.80 bits per heavy atom. The molecular formula is C16H14IN3. The summed E-state index contributed by atoms with van der Waals surface area (Å²) in [6, 6.07) is 16.6. The van der Waals surface area contributed by atoms with E-state index in [1.54, 1.807) is 0 Å². The molecule has 0 saturated carbocycles. The first kappa shape index (κ1) is 13.2. The lowest BCUT2D eigenvalue weighted by molar-refractivity contribution is 1.10. The zero-order valence-electron chi connectivity index (χ0n) is 11.0. The first-order valence-corrected chi connectivity index (χ1v) is 7.40. The first-order valence-electron chi connectivity index (χ1n) is 6.32. The Kier molecular flexibility index (Phi) is 3.48. The van der Waals surface area contributed by atoms with E-state index in [9.17, 15) is 0 Å². The molecule has 0 atom stereocenters. The van der Waals surface area contributed by atoms with Crippen molar-refractivity contribution in [3.63, 3.8) is 0 Å². The van der Waals surface area contributed by atoms with E-state index in [-0.39, 0.29) is 0 Å². The number of hydrogen-bond acceptors (Lipinski definition) is 2. The van der Waals surface area contributed by atoms with E-state index in [4.69, 9.17) is 5.73 Å². The topological polar surface area (TPSA) is 54.7 Å². The van der Waals surface area contributed by atoms with Crippen molar-refractivity contribution in [1.29, 1.82) is 0 Å². The second kappa shape index (κ2) is 5.28. The molecule has 100 valence electrons. The number of halogens is 1. The molecule has 0 aliphatic carbocycles. The summed E-state index contributed by atoms with van der Waals surface area (Å²) in [5.74, 6) is 0.530. The predicted octanol–water partition coefficient (Wildman–Crippen LogP) is 4.24. The van der Waals surface area contributed by atoms with E-state index in [2.05, 4.69) is 82.2 Å². The molecule has 0 saturated heterocycles. The number of hydrogen-bond donors (Lipinski definition) is 2. The molecule has 0 unspecified atom stereocenters. The smallest absolute Gasteiger partial charge is 0.153 e. The van der Waals surface area contributed by atoms with Crippen molar-refractivity contribution < 1.29 is 0 Å². The first-order chi connectivity index (χ1) is 9.65. The van der Waals surface area contributed by atoms with E-state index in [1.807, 2.05) is 6.07 Å². The molecule has 2 aromatic carbocycles. The number of anilines is 1. The number of H-pyrrole nitrogens is 1. The number of rotatable bonds is 2. The number of nitrogen functional groups attached to an aromatic ring is 1. The van der Waals surface area contributed by atoms with Crippen LogP contribution in [-0.4, -0.2) is 10.2 Å². The van der Waals surface area contributed by atoms with E-state index in [0.717, 1.165) is 22.4 Å². The standard InChI is InChI=1S/C16H14IN3/c1-10-5-7-11(8-6-10)14-15(19-20-16(14)18)12-3-2-4-13(17)9-12/h2-9H,1H3,(H3,18,19,20). The second-order valence-corrected chi connectivity index (χ2v) is 5.98. The molecule has 0 aliphatic rings. The van der Waals surface area contributed by atoms with Crippen molar-refractivity contribution in [2.24, 2.45) is 0 Å². The van der Waals surface area contributed by atoms with Crippen LogP contribution >= 0.6 is 22.6 Å². The van der Waals surface area contributed by atoms with Gasteiger partial charge in [-0.15, -0.1) is 0 Å². The zero-order valence-corrected chi connectivity index (χ0v) is 13.2. The number of aryl methyl sites for hydroxylation is 1. The number of aromatic nitrogens is 2. The van der Waals surface area contributed by atoms with Crippen LogP contribution in [0, 0.1) is 10.5 Å². The Bertz CT molecular complexity index is 745. The molecule has 0 amide bonds. The van der Waals surface area contributed by atoms with Gasteiger partial charge in [-0.3, -0.25) is 5.10 Å². The number of aromatic amines is 1. The Morgan fingerprint density at radius 1 is 1.05 bits per heavy atom. The fourth-order valence-corrected chi connectivity index (χ4v) is 2.76. The lowest BCUT2D eigenvalue weighted by atomic mass is 10.00. The molecule has 4 heteroatoms. The number of benzene rings is 2. The van der Waals surface area contributed by atoms with Gasteiger partial charge in [0.2, 0.25) is 0 Å². The van der Waals surface area contributed by atoms with Gasteiger partial charge >= 0.3 is 0 Å². The largest absolute Gasteiger partial charge is 0.382 e. The molecule has 20 heavy (non-hydrogen) atoms. The van der Waals surface area contributed by atoms with Gasteiger partial charge in [0, 0.05) is 9.13 Å². The summed E-state index contributed by atoms with van der Waals surface area (Å²) >= 11 is 2.30. The van der Waals surface area contributed by atoms with Crippen molar-refractivity contribution in [2.45, 2.75) is 6.92 Å². The SMILES string of the molecule is Cc1ccc(-c2c(N)n[nH]c2-c2cccc(I)c2)cc1. The molecule has 3 aromatic rings. The van der Waals surface area contributed by atoms with Gasteiger partial charge in [0.05, 0.1) is 11.3 Å². The Balaban J connectivity index is 2.17. The van der Waals surface area contributed by atoms with Crippen molar-refractivity contribution in [3.05, 3.63) is 57.7 Å². The molecule has 1 aromatic heterocycles. The minimum Gasteiger partial charge on any atom is -0.382 e. The predicted molar refractivity (Wildman–Crippen MR) is 91.3 cm³/mol. The van der Waals surface area contributed by atoms with Gasteiger partial charge in [-0.1, -0.05) is 42.0 Å². The maximum atomic E-state index is 6.04. The van der Waals surface area contributed by atoms with E-state index >= 15 is 0 Å². The molecule has 3 nitrogen and oxygen atoms in total. The molecule has 0 spiro atoms. The summed E-state index contributed by atoms with van der Waals surface area (Å²) in [6.45, 7) is 2.07. The van der Waals surface area contributed by atoms with Crippen LogP contribution in [-0.2, 0) is 0 Å². The van der Waals surface area contributed by atoms with Crippen molar-refractivity contribution in [1.82, 2.24) is 10.2 Å². The van der Waals surface area contributed by atoms with Crippen LogP contribution in [0.1, 0.15) is 5.56 Å². The molecule has 0 fully saturated rings. The van der Waals surface area contributed by atoms with Crippen LogP contribution in [0.3, 0.4) is 0 Å². The van der Waals surface area contributed by atoms with E-state index in [0.29, 0.717) is 5.82 Å². The van der Waals surface area contributed by atoms with Crippen LogP contribution in [0.25, 0.3) is 22.4 Å². The van der Waals surface area contributed by atoms with Gasteiger partial charge < -0.3 is 5.73 Å². The summed E-state index contributed by atoms with van der Waals surface area (Å²) in [6.07, 6.45) is 0. The average molecular weight is 375 g/mol. The second-order valence-electron chi connectivity index (χ2n) is 4.74. The minimum absolute atomic E-state index is 0.530. The molecular weight excluding hydrogens is 361 g/mol. The zero-order chi connectivity index (χ0) is 14.1. The van der Waals surface area contributed by atoms with Crippen LogP contribution < -0.4 is 5.73 Å². The molecule has 3 rings (SSSR count). The van der Waals surface area contributed by atoms with Crippen molar-refractivity contribution >= 4 is 28.4 Å². The third-order valence-electron chi connectivity index (χ3n) is 3.25. The number of nitrogens with two attached hydrogens (primary N) is 1. The van der Waals surface area contributed by atoms with E-state index in [1.165, 1.54) is 9.13 Å². The van der Waals surface area contributed by atoms with Gasteiger partial charge in [-0.25, -0.2) is 0 Å². The number of nitrogens with one attached hydrogen (secondary N) is 1. The monoisotopic (exact) mass is 375 g/mol. The summed E-state index contributed by atoms with van der Waals surface area (Å²) in [5.41, 5.74) is 11.4. The quantitative estimate of drug-likeness (QED) is 0.659.